The Morgan fingerprint density at radius 1 is 1.22 bits per heavy atom. The number of aromatic nitrogens is 3. The van der Waals surface area contributed by atoms with Crippen molar-refractivity contribution in [3.05, 3.63) is 29.8 Å². The van der Waals surface area contributed by atoms with E-state index in [1.807, 2.05) is 0 Å². The van der Waals surface area contributed by atoms with Crippen LogP contribution >= 0.6 is 11.3 Å². The predicted octanol–water partition coefficient (Wildman–Crippen LogP) is 5.35. The largest absolute Gasteiger partial charge is 0.573 e. The van der Waals surface area contributed by atoms with Crippen LogP contribution in [0.4, 0.5) is 26.3 Å². The minimum atomic E-state index is -5.27. The molecule has 41 heavy (non-hydrogen) atoms. The van der Waals surface area contributed by atoms with Gasteiger partial charge in [-0.25, -0.2) is 13.4 Å². The Balaban J connectivity index is 1.77. The van der Waals surface area contributed by atoms with Crippen molar-refractivity contribution in [1.29, 1.82) is 0 Å². The summed E-state index contributed by atoms with van der Waals surface area (Å²) >= 11 is 0.863. The van der Waals surface area contributed by atoms with Gasteiger partial charge in [-0.15, -0.1) is 34.7 Å². The first-order valence-corrected chi connectivity index (χ1v) is 14.4. The maximum absolute atomic E-state index is 13.4. The first kappa shape index (κ1) is 30.7. The third-order valence-corrected chi connectivity index (χ3v) is 8.82. The first-order chi connectivity index (χ1) is 19.0. The minimum Gasteiger partial charge on any atom is -0.481 e. The quantitative estimate of drug-likeness (QED) is 0.269. The van der Waals surface area contributed by atoms with Crippen molar-refractivity contribution >= 4 is 27.3 Å². The zero-order chi connectivity index (χ0) is 30.2. The number of halogens is 6. The van der Waals surface area contributed by atoms with E-state index in [1.54, 1.807) is 0 Å². The van der Waals surface area contributed by atoms with Gasteiger partial charge >= 0.3 is 18.5 Å². The molecule has 1 atom stereocenters. The molecule has 3 aromatic rings. The molecule has 4 rings (SSSR count). The molecule has 1 saturated carbocycles. The van der Waals surface area contributed by atoms with Gasteiger partial charge in [0.15, 0.2) is 5.01 Å². The summed E-state index contributed by atoms with van der Waals surface area (Å²) in [6, 6.07) is -0.140. The molecule has 1 aliphatic rings. The van der Waals surface area contributed by atoms with Gasteiger partial charge in [0.2, 0.25) is 15.9 Å². The van der Waals surface area contributed by atoms with Crippen LogP contribution in [0, 0.1) is 5.92 Å². The zero-order valence-corrected chi connectivity index (χ0v) is 22.7. The number of carbonyl (C=O) groups is 1. The molecule has 0 aliphatic heterocycles. The van der Waals surface area contributed by atoms with Gasteiger partial charge in [-0.05, 0) is 31.4 Å². The van der Waals surface area contributed by atoms with E-state index in [2.05, 4.69) is 19.9 Å². The van der Waals surface area contributed by atoms with E-state index >= 15 is 0 Å². The average Bonchev–Trinajstić information content (AvgIpc) is 3.45. The highest BCUT2D eigenvalue weighted by atomic mass is 32.2. The molecule has 10 nitrogen and oxygen atoms in total. The van der Waals surface area contributed by atoms with E-state index in [9.17, 15) is 39.6 Å². The van der Waals surface area contributed by atoms with Crippen LogP contribution in [0.5, 0.6) is 5.75 Å². The van der Waals surface area contributed by atoms with Crippen molar-refractivity contribution in [2.75, 3.05) is 0 Å². The lowest BCUT2D eigenvalue weighted by molar-refractivity contribution is -0.274. The number of carboxylic acids is 1. The Kier molecular flexibility index (Phi) is 8.65. The lowest BCUT2D eigenvalue weighted by atomic mass is 9.82. The molecule has 0 spiro atoms. The number of aliphatic carboxylic acids is 1. The minimum absolute atomic E-state index is 0.0101. The molecular formula is C23H22F6N4O6S2. The summed E-state index contributed by atoms with van der Waals surface area (Å²) in [5.41, 5.74) is 0.153. The number of carboxylic acid groups (broad SMARTS) is 1. The van der Waals surface area contributed by atoms with Crippen LogP contribution in [-0.4, -0.2) is 53.3 Å². The van der Waals surface area contributed by atoms with E-state index in [4.69, 9.17) is 9.52 Å². The maximum atomic E-state index is 13.4. The summed E-state index contributed by atoms with van der Waals surface area (Å²) in [5, 5.41) is 16.6. The fraction of sp³-hybridized carbons (Fsp3) is 0.478. The molecule has 0 radical (unpaired) electrons. The Hall–Kier alpha value is -3.25. The highest BCUT2D eigenvalue weighted by Crippen LogP contribution is 2.44. The number of aryl methyl sites for hydroxylation is 1. The standard InChI is InChI=1S/C23H22F6N4O6S2/c1-11(22(24,25)26)33-41(36,37)13-5-6-14(16(10-13)39-23(27,28)29)19-15(9-12-3-2-4-12)30-21(40-19)20-32-31-17(38-20)7-8-18(34)35/h5-6,10-12,33H,2-4,7-9H2,1H3,(H,34,35). The number of benzene rings is 1. The number of hydrogen-bond acceptors (Lipinski definition) is 9. The van der Waals surface area contributed by atoms with Gasteiger partial charge in [0.1, 0.15) is 11.8 Å². The van der Waals surface area contributed by atoms with Gasteiger partial charge < -0.3 is 14.3 Å². The van der Waals surface area contributed by atoms with Crippen LogP contribution in [0.15, 0.2) is 27.5 Å². The molecule has 1 fully saturated rings. The van der Waals surface area contributed by atoms with Gasteiger partial charge in [-0.3, -0.25) is 4.79 Å². The third kappa shape index (κ3) is 7.73. The average molecular weight is 629 g/mol. The van der Waals surface area contributed by atoms with Crippen LogP contribution in [0.3, 0.4) is 0 Å². The summed E-state index contributed by atoms with van der Waals surface area (Å²) in [7, 11) is -4.89. The van der Waals surface area contributed by atoms with E-state index in [1.165, 1.54) is 4.72 Å². The molecule has 2 heterocycles. The lowest BCUT2D eigenvalue weighted by Crippen LogP contribution is -2.42. The molecule has 1 unspecified atom stereocenters. The normalized spacial score (nSPS) is 15.5. The fourth-order valence-corrected chi connectivity index (χ4v) is 6.14. The molecule has 0 amide bonds. The predicted molar refractivity (Wildman–Crippen MR) is 130 cm³/mol. The SMILES string of the molecule is CC(NS(=O)(=O)c1ccc(-c2sc(-c3nnc(CCC(=O)O)o3)nc2CC2CCC2)c(OC(F)(F)F)c1)C(F)(F)F. The Labute approximate surface area is 232 Å². The molecular weight excluding hydrogens is 606 g/mol. The number of thiazole rings is 1. The molecule has 0 saturated heterocycles. The van der Waals surface area contributed by atoms with Crippen LogP contribution in [0.25, 0.3) is 21.3 Å². The maximum Gasteiger partial charge on any atom is 0.573 e. The van der Waals surface area contributed by atoms with Crippen molar-refractivity contribution < 1.29 is 53.8 Å². The Morgan fingerprint density at radius 3 is 2.51 bits per heavy atom. The number of ether oxygens (including phenoxy) is 1. The molecule has 18 heteroatoms. The molecule has 224 valence electrons. The number of sulfonamides is 1. The summed E-state index contributed by atoms with van der Waals surface area (Å²) in [4.78, 5) is 14.6. The number of nitrogens with one attached hydrogen (secondary N) is 1. The van der Waals surface area contributed by atoms with Crippen molar-refractivity contribution in [3.63, 3.8) is 0 Å². The van der Waals surface area contributed by atoms with Gasteiger partial charge in [-0.1, -0.05) is 19.3 Å². The lowest BCUT2D eigenvalue weighted by Gasteiger charge is -2.25. The smallest absolute Gasteiger partial charge is 0.481 e. The van der Waals surface area contributed by atoms with Crippen LogP contribution in [0.2, 0.25) is 0 Å². The highest BCUT2D eigenvalue weighted by Gasteiger charge is 2.40. The monoisotopic (exact) mass is 628 g/mol. The second-order valence-electron chi connectivity index (χ2n) is 9.28. The van der Waals surface area contributed by atoms with Gasteiger partial charge in [-0.2, -0.15) is 17.9 Å². The zero-order valence-electron chi connectivity index (χ0n) is 21.0. The summed E-state index contributed by atoms with van der Waals surface area (Å²) < 4.78 is 115. The van der Waals surface area contributed by atoms with Gasteiger partial charge in [0.25, 0.3) is 5.89 Å². The molecule has 1 aliphatic carbocycles. The summed E-state index contributed by atoms with van der Waals surface area (Å²) in [6.45, 7) is 0.551. The molecule has 0 bridgehead atoms. The van der Waals surface area contributed by atoms with Gasteiger partial charge in [0.05, 0.1) is 21.9 Å². The number of nitrogens with zero attached hydrogens (tertiary/aromatic N) is 3. The van der Waals surface area contributed by atoms with E-state index in [0.29, 0.717) is 25.1 Å². The van der Waals surface area contributed by atoms with E-state index < -0.39 is 45.2 Å². The second kappa shape index (κ2) is 11.6. The molecule has 2 N–H and O–H groups in total. The molecule has 2 aromatic heterocycles. The second-order valence-corrected chi connectivity index (χ2v) is 12.0. The first-order valence-electron chi connectivity index (χ1n) is 12.1. The Morgan fingerprint density at radius 2 is 1.93 bits per heavy atom. The summed E-state index contributed by atoms with van der Waals surface area (Å²) in [6.07, 6.45) is -7.49. The molecule has 1 aromatic carbocycles. The van der Waals surface area contributed by atoms with Crippen LogP contribution in [0.1, 0.15) is 44.2 Å². The van der Waals surface area contributed by atoms with E-state index in [-0.39, 0.29) is 46.0 Å². The van der Waals surface area contributed by atoms with Crippen molar-refractivity contribution in [1.82, 2.24) is 19.9 Å². The van der Waals surface area contributed by atoms with Gasteiger partial charge in [0, 0.05) is 18.1 Å². The number of alkyl halides is 6. The van der Waals surface area contributed by atoms with Crippen molar-refractivity contribution in [2.24, 2.45) is 5.92 Å². The fourth-order valence-electron chi connectivity index (χ4n) is 3.85. The highest BCUT2D eigenvalue weighted by molar-refractivity contribution is 7.89. The number of hydrogen-bond donors (Lipinski definition) is 2. The van der Waals surface area contributed by atoms with Crippen LogP contribution < -0.4 is 9.46 Å². The van der Waals surface area contributed by atoms with Crippen molar-refractivity contribution in [3.8, 4) is 27.1 Å². The van der Waals surface area contributed by atoms with E-state index in [0.717, 1.165) is 42.7 Å². The Bertz CT molecular complexity index is 1520. The summed E-state index contributed by atoms with van der Waals surface area (Å²) in [5.74, 6) is -1.94. The van der Waals surface area contributed by atoms with Crippen LogP contribution in [-0.2, 0) is 27.7 Å². The number of rotatable bonds is 11. The topological polar surface area (TPSA) is 145 Å². The third-order valence-electron chi connectivity index (χ3n) is 6.16. The van der Waals surface area contributed by atoms with Crippen molar-refractivity contribution in [2.45, 2.75) is 68.9 Å².